The number of rotatable bonds is 3. The Balaban J connectivity index is 1.91. The summed E-state index contributed by atoms with van der Waals surface area (Å²) in [4.78, 5) is 14.2. The molecule has 0 atom stereocenters. The number of benzene rings is 1. The number of hydrogen-bond donors (Lipinski definition) is 1. The normalized spacial score (nSPS) is 17.7. The van der Waals surface area contributed by atoms with Gasteiger partial charge in [0.1, 0.15) is 0 Å². The summed E-state index contributed by atoms with van der Waals surface area (Å²) < 4.78 is 37.8. The third-order valence-electron chi connectivity index (χ3n) is 3.84. The summed E-state index contributed by atoms with van der Waals surface area (Å²) in [5.74, 6) is -0.0454. The highest BCUT2D eigenvalue weighted by Gasteiger charge is 2.30. The van der Waals surface area contributed by atoms with Crippen LogP contribution in [-0.2, 0) is 6.18 Å². The molecule has 21 heavy (non-hydrogen) atoms. The van der Waals surface area contributed by atoms with Gasteiger partial charge in [0.25, 0.3) is 5.91 Å². The van der Waals surface area contributed by atoms with Gasteiger partial charge in [-0.15, -0.1) is 0 Å². The Morgan fingerprint density at radius 3 is 2.62 bits per heavy atom. The molecule has 0 unspecified atom stereocenters. The fourth-order valence-corrected chi connectivity index (χ4v) is 2.44. The number of halogens is 3. The molecule has 1 amide bonds. The number of amides is 1. The van der Waals surface area contributed by atoms with Crippen molar-refractivity contribution in [2.45, 2.75) is 19.0 Å². The summed E-state index contributed by atoms with van der Waals surface area (Å²) in [6.07, 6.45) is -2.43. The van der Waals surface area contributed by atoms with Crippen LogP contribution in [0.4, 0.5) is 13.2 Å². The van der Waals surface area contributed by atoms with Gasteiger partial charge < -0.3 is 10.2 Å². The van der Waals surface area contributed by atoms with Gasteiger partial charge in [0.05, 0.1) is 5.56 Å². The predicted octanol–water partition coefficient (Wildman–Crippen LogP) is 2.78. The zero-order chi connectivity index (χ0) is 15.5. The van der Waals surface area contributed by atoms with Gasteiger partial charge in [-0.3, -0.25) is 4.79 Å². The van der Waals surface area contributed by atoms with E-state index in [0.717, 1.165) is 38.1 Å². The van der Waals surface area contributed by atoms with Crippen LogP contribution in [0.3, 0.4) is 0 Å². The highest BCUT2D eigenvalue weighted by atomic mass is 19.4. The van der Waals surface area contributed by atoms with Crippen LogP contribution in [0.1, 0.15) is 28.8 Å². The lowest BCUT2D eigenvalue weighted by Crippen LogP contribution is -2.36. The fraction of sp³-hybridized carbons (Fsp3) is 0.533. The SMILES string of the molecule is CN1CCC(CNC(=O)c2cccc(C(F)(F)F)c2)CC1. The van der Waals surface area contributed by atoms with Gasteiger partial charge in [-0.25, -0.2) is 0 Å². The molecule has 1 aromatic carbocycles. The van der Waals surface area contributed by atoms with Gasteiger partial charge in [0, 0.05) is 12.1 Å². The van der Waals surface area contributed by atoms with Crippen LogP contribution in [0.25, 0.3) is 0 Å². The molecule has 0 bridgehead atoms. The van der Waals surface area contributed by atoms with E-state index in [1.54, 1.807) is 0 Å². The summed E-state index contributed by atoms with van der Waals surface area (Å²) in [6, 6.07) is 4.52. The van der Waals surface area contributed by atoms with E-state index in [2.05, 4.69) is 17.3 Å². The van der Waals surface area contributed by atoms with Crippen LogP contribution < -0.4 is 5.32 Å². The highest BCUT2D eigenvalue weighted by Crippen LogP contribution is 2.29. The predicted molar refractivity (Wildman–Crippen MR) is 74.0 cm³/mol. The lowest BCUT2D eigenvalue weighted by Gasteiger charge is -2.28. The first-order valence-electron chi connectivity index (χ1n) is 7.00. The van der Waals surface area contributed by atoms with Crippen molar-refractivity contribution in [1.82, 2.24) is 10.2 Å². The van der Waals surface area contributed by atoms with Crippen LogP contribution in [-0.4, -0.2) is 37.5 Å². The number of likely N-dealkylation sites (tertiary alicyclic amines) is 1. The molecular formula is C15H19F3N2O. The van der Waals surface area contributed by atoms with Crippen LogP contribution in [0.5, 0.6) is 0 Å². The van der Waals surface area contributed by atoms with Gasteiger partial charge in [0.15, 0.2) is 0 Å². The Hall–Kier alpha value is -1.56. The maximum Gasteiger partial charge on any atom is 0.416 e. The number of hydrogen-bond acceptors (Lipinski definition) is 2. The van der Waals surface area contributed by atoms with Crippen LogP contribution in [0, 0.1) is 5.92 Å². The molecule has 2 rings (SSSR count). The number of nitrogens with one attached hydrogen (secondary N) is 1. The number of alkyl halides is 3. The minimum absolute atomic E-state index is 0.0535. The summed E-state index contributed by atoms with van der Waals surface area (Å²) in [6.45, 7) is 2.50. The summed E-state index contributed by atoms with van der Waals surface area (Å²) >= 11 is 0. The van der Waals surface area contributed by atoms with E-state index in [0.29, 0.717) is 12.5 Å². The van der Waals surface area contributed by atoms with Crippen molar-refractivity contribution in [3.63, 3.8) is 0 Å². The molecular weight excluding hydrogens is 281 g/mol. The van der Waals surface area contributed by atoms with Gasteiger partial charge in [-0.1, -0.05) is 6.07 Å². The third-order valence-corrected chi connectivity index (χ3v) is 3.84. The molecule has 3 nitrogen and oxygen atoms in total. The highest BCUT2D eigenvalue weighted by molar-refractivity contribution is 5.94. The molecule has 1 saturated heterocycles. The zero-order valence-corrected chi connectivity index (χ0v) is 11.9. The van der Waals surface area contributed by atoms with E-state index >= 15 is 0 Å². The topological polar surface area (TPSA) is 32.3 Å². The van der Waals surface area contributed by atoms with Crippen LogP contribution >= 0.6 is 0 Å². The second-order valence-corrected chi connectivity index (χ2v) is 5.54. The van der Waals surface area contributed by atoms with Gasteiger partial charge >= 0.3 is 6.18 Å². The quantitative estimate of drug-likeness (QED) is 0.931. The minimum atomic E-state index is -4.43. The third kappa shape index (κ3) is 4.46. The van der Waals surface area contributed by atoms with E-state index in [1.807, 2.05) is 0 Å². The number of nitrogens with zero attached hydrogens (tertiary/aromatic N) is 1. The first kappa shape index (κ1) is 15.8. The molecule has 0 aliphatic carbocycles. The maximum absolute atomic E-state index is 12.6. The van der Waals surface area contributed by atoms with Crippen molar-refractivity contribution in [1.29, 1.82) is 0 Å². The van der Waals surface area contributed by atoms with Crippen molar-refractivity contribution >= 4 is 5.91 Å². The lowest BCUT2D eigenvalue weighted by atomic mass is 9.97. The molecule has 0 saturated carbocycles. The average Bonchev–Trinajstić information content (AvgIpc) is 2.45. The molecule has 0 spiro atoms. The van der Waals surface area contributed by atoms with E-state index in [4.69, 9.17) is 0 Å². The number of carbonyl (C=O) groups is 1. The number of carbonyl (C=O) groups excluding carboxylic acids is 1. The first-order chi connectivity index (χ1) is 9.86. The molecule has 116 valence electrons. The summed E-state index contributed by atoms with van der Waals surface area (Å²) in [7, 11) is 2.05. The van der Waals surface area contributed by atoms with Crippen molar-refractivity contribution < 1.29 is 18.0 Å². The van der Waals surface area contributed by atoms with Crippen molar-refractivity contribution in [3.8, 4) is 0 Å². The Kier molecular flexibility index (Phi) is 4.88. The second kappa shape index (κ2) is 6.47. The first-order valence-corrected chi connectivity index (χ1v) is 7.00. The maximum atomic E-state index is 12.6. The zero-order valence-electron chi connectivity index (χ0n) is 11.9. The van der Waals surface area contributed by atoms with E-state index < -0.39 is 17.6 Å². The molecule has 1 aromatic rings. The molecule has 1 aliphatic heterocycles. The fourth-order valence-electron chi connectivity index (χ4n) is 2.44. The van der Waals surface area contributed by atoms with Crippen LogP contribution in [0.15, 0.2) is 24.3 Å². The lowest BCUT2D eigenvalue weighted by molar-refractivity contribution is -0.137. The van der Waals surface area contributed by atoms with Crippen molar-refractivity contribution in [2.75, 3.05) is 26.7 Å². The Morgan fingerprint density at radius 2 is 2.00 bits per heavy atom. The van der Waals surface area contributed by atoms with E-state index in [9.17, 15) is 18.0 Å². The molecule has 1 heterocycles. The van der Waals surface area contributed by atoms with E-state index in [-0.39, 0.29) is 5.56 Å². The molecule has 1 fully saturated rings. The Labute approximate surface area is 122 Å². The van der Waals surface area contributed by atoms with Gasteiger partial charge in [0.2, 0.25) is 0 Å². The molecule has 0 aromatic heterocycles. The smallest absolute Gasteiger partial charge is 0.352 e. The van der Waals surface area contributed by atoms with Gasteiger partial charge in [-0.05, 0) is 57.1 Å². The Morgan fingerprint density at radius 1 is 1.33 bits per heavy atom. The molecule has 0 radical (unpaired) electrons. The molecule has 1 N–H and O–H groups in total. The summed E-state index contributed by atoms with van der Waals surface area (Å²) in [5.41, 5.74) is -0.743. The van der Waals surface area contributed by atoms with Gasteiger partial charge in [-0.2, -0.15) is 13.2 Å². The number of piperidine rings is 1. The summed E-state index contributed by atoms with van der Waals surface area (Å²) in [5, 5.41) is 2.74. The van der Waals surface area contributed by atoms with Crippen LogP contribution in [0.2, 0.25) is 0 Å². The Bertz CT molecular complexity index is 494. The minimum Gasteiger partial charge on any atom is -0.352 e. The monoisotopic (exact) mass is 300 g/mol. The standard InChI is InChI=1S/C15H19F3N2O/c1-20-7-5-11(6-8-20)10-19-14(21)12-3-2-4-13(9-12)15(16,17)18/h2-4,9,11H,5-8,10H2,1H3,(H,19,21). The van der Waals surface area contributed by atoms with Crippen molar-refractivity contribution in [3.05, 3.63) is 35.4 Å². The largest absolute Gasteiger partial charge is 0.416 e. The second-order valence-electron chi connectivity index (χ2n) is 5.54. The van der Waals surface area contributed by atoms with E-state index in [1.165, 1.54) is 12.1 Å². The van der Waals surface area contributed by atoms with Crippen molar-refractivity contribution in [2.24, 2.45) is 5.92 Å². The molecule has 1 aliphatic rings. The molecule has 6 heteroatoms. The average molecular weight is 300 g/mol.